The molecule has 0 radical (unpaired) electrons. The smallest absolute Gasteiger partial charge is 0.337 e. The molecule has 0 aromatic heterocycles. The van der Waals surface area contributed by atoms with E-state index >= 15 is 0 Å². The van der Waals surface area contributed by atoms with Crippen molar-refractivity contribution in [2.45, 2.75) is 32.6 Å². The number of rotatable bonds is 5. The molecule has 2 rings (SSSR count). The lowest BCUT2D eigenvalue weighted by Gasteiger charge is -2.16. The summed E-state index contributed by atoms with van der Waals surface area (Å²) in [6.07, 6.45) is 0. The summed E-state index contributed by atoms with van der Waals surface area (Å²) in [5.74, 6) is -0.596. The number of carboxylic acids is 1. The first-order valence-corrected chi connectivity index (χ1v) is 9.07. The Kier molecular flexibility index (Phi) is 5.08. The molecule has 0 aliphatic heterocycles. The van der Waals surface area contributed by atoms with E-state index in [0.29, 0.717) is 22.4 Å². The summed E-state index contributed by atoms with van der Waals surface area (Å²) in [7, 11) is -2.43. The number of carboxylic acid groups (broad SMARTS) is 1. The van der Waals surface area contributed by atoms with Crippen LogP contribution in [0.5, 0.6) is 5.75 Å². The maximum Gasteiger partial charge on any atom is 0.337 e. The topological polar surface area (TPSA) is 92.7 Å². The van der Waals surface area contributed by atoms with Gasteiger partial charge < -0.3 is 9.84 Å². The third-order valence-corrected chi connectivity index (χ3v) is 5.42. The Morgan fingerprint density at radius 3 is 2.20 bits per heavy atom. The molecule has 6 nitrogen and oxygen atoms in total. The van der Waals surface area contributed by atoms with Crippen LogP contribution in [0.25, 0.3) is 0 Å². The van der Waals surface area contributed by atoms with Crippen molar-refractivity contribution in [3.63, 3.8) is 0 Å². The summed E-state index contributed by atoms with van der Waals surface area (Å²) in [6, 6.07) is 6.33. The molecule has 0 aliphatic rings. The lowest BCUT2D eigenvalue weighted by atomic mass is 10.0. The van der Waals surface area contributed by atoms with Crippen LogP contribution in [0.2, 0.25) is 0 Å². The first kappa shape index (κ1) is 18.8. The summed E-state index contributed by atoms with van der Waals surface area (Å²) >= 11 is 0. The van der Waals surface area contributed by atoms with Crippen molar-refractivity contribution in [1.29, 1.82) is 0 Å². The molecular weight excluding hydrogens is 342 g/mol. The van der Waals surface area contributed by atoms with E-state index in [1.807, 2.05) is 0 Å². The molecule has 0 spiro atoms. The van der Waals surface area contributed by atoms with Crippen LogP contribution in [0.3, 0.4) is 0 Å². The Balaban J connectivity index is 2.58. The largest absolute Gasteiger partial charge is 0.496 e. The van der Waals surface area contributed by atoms with Crippen molar-refractivity contribution in [3.05, 3.63) is 52.1 Å². The number of benzene rings is 2. The summed E-state index contributed by atoms with van der Waals surface area (Å²) in [4.78, 5) is 11.6. The van der Waals surface area contributed by atoms with Gasteiger partial charge in [-0.1, -0.05) is 6.07 Å². The van der Waals surface area contributed by atoms with E-state index in [1.165, 1.54) is 19.2 Å². The van der Waals surface area contributed by atoms with E-state index in [0.717, 1.165) is 5.56 Å². The van der Waals surface area contributed by atoms with Crippen molar-refractivity contribution in [1.82, 2.24) is 0 Å². The van der Waals surface area contributed by atoms with Crippen LogP contribution < -0.4 is 9.46 Å². The number of methoxy groups -OCH3 is 1. The van der Waals surface area contributed by atoms with Crippen molar-refractivity contribution in [2.75, 3.05) is 11.8 Å². The number of carbonyl (C=O) groups is 1. The van der Waals surface area contributed by atoms with Gasteiger partial charge in [0, 0.05) is 0 Å². The molecule has 0 atom stereocenters. The lowest BCUT2D eigenvalue weighted by molar-refractivity contribution is 0.0698. The van der Waals surface area contributed by atoms with Crippen LogP contribution >= 0.6 is 0 Å². The lowest BCUT2D eigenvalue weighted by Crippen LogP contribution is -2.18. The second-order valence-electron chi connectivity index (χ2n) is 6.00. The van der Waals surface area contributed by atoms with Crippen LogP contribution in [-0.2, 0) is 10.0 Å². The predicted molar refractivity (Wildman–Crippen MR) is 96.2 cm³/mol. The van der Waals surface area contributed by atoms with Gasteiger partial charge in [0.25, 0.3) is 10.0 Å². The van der Waals surface area contributed by atoms with Gasteiger partial charge >= 0.3 is 5.97 Å². The van der Waals surface area contributed by atoms with E-state index in [1.54, 1.807) is 39.8 Å². The van der Waals surface area contributed by atoms with Gasteiger partial charge in [0.1, 0.15) is 5.75 Å². The molecule has 2 aromatic carbocycles. The number of sulfonamides is 1. The Hall–Kier alpha value is -2.54. The van der Waals surface area contributed by atoms with Gasteiger partial charge in [-0.25, -0.2) is 13.2 Å². The highest BCUT2D eigenvalue weighted by Crippen LogP contribution is 2.30. The Morgan fingerprint density at radius 2 is 1.64 bits per heavy atom. The molecule has 25 heavy (non-hydrogen) atoms. The number of hydrogen-bond donors (Lipinski definition) is 2. The third kappa shape index (κ3) is 3.76. The highest BCUT2D eigenvalue weighted by atomic mass is 32.2. The highest BCUT2D eigenvalue weighted by molar-refractivity contribution is 7.92. The second-order valence-corrected chi connectivity index (χ2v) is 7.65. The van der Waals surface area contributed by atoms with Crippen LogP contribution in [0, 0.1) is 27.7 Å². The fourth-order valence-corrected chi connectivity index (χ4v) is 4.20. The second kappa shape index (κ2) is 6.76. The molecule has 0 amide bonds. The fraction of sp³-hybridized carbons (Fsp3) is 0.278. The van der Waals surface area contributed by atoms with Gasteiger partial charge in [0.15, 0.2) is 0 Å². The minimum Gasteiger partial charge on any atom is -0.496 e. The zero-order valence-corrected chi connectivity index (χ0v) is 15.6. The maximum atomic E-state index is 12.8. The summed E-state index contributed by atoms with van der Waals surface area (Å²) in [5, 5.41) is 9.40. The van der Waals surface area contributed by atoms with Crippen LogP contribution in [0.15, 0.2) is 29.2 Å². The quantitative estimate of drug-likeness (QED) is 0.849. The number of hydrogen-bond acceptors (Lipinski definition) is 4. The van der Waals surface area contributed by atoms with Gasteiger partial charge in [0.05, 0.1) is 23.3 Å². The zero-order chi connectivity index (χ0) is 18.9. The van der Waals surface area contributed by atoms with Crippen molar-refractivity contribution in [3.8, 4) is 5.75 Å². The number of ether oxygens (including phenoxy) is 1. The van der Waals surface area contributed by atoms with Crippen LogP contribution in [-0.4, -0.2) is 26.6 Å². The summed E-state index contributed by atoms with van der Waals surface area (Å²) < 4.78 is 33.3. The first-order chi connectivity index (χ1) is 11.6. The number of anilines is 1. The van der Waals surface area contributed by atoms with Crippen LogP contribution in [0.1, 0.15) is 32.6 Å². The normalized spacial score (nSPS) is 11.2. The monoisotopic (exact) mass is 363 g/mol. The summed E-state index contributed by atoms with van der Waals surface area (Å²) in [6.45, 7) is 6.84. The highest BCUT2D eigenvalue weighted by Gasteiger charge is 2.23. The molecule has 0 heterocycles. The fourth-order valence-electron chi connectivity index (χ4n) is 2.73. The molecule has 0 unspecified atom stereocenters. The molecule has 0 aliphatic carbocycles. The molecule has 0 saturated heterocycles. The number of aromatic carboxylic acids is 1. The average Bonchev–Trinajstić information content (AvgIpc) is 2.51. The molecule has 0 fully saturated rings. The molecular formula is C18H21NO5S. The molecule has 134 valence electrons. The maximum absolute atomic E-state index is 12.8. The number of aryl methyl sites for hydroxylation is 4. The van der Waals surface area contributed by atoms with E-state index in [-0.39, 0.29) is 16.1 Å². The Morgan fingerprint density at radius 1 is 1.00 bits per heavy atom. The SMILES string of the molecule is COc1cc(C)c(S(=O)(=O)Nc2c(C)cc(C)cc2C(=O)O)cc1C. The summed E-state index contributed by atoms with van der Waals surface area (Å²) in [5.41, 5.74) is 2.47. The van der Waals surface area contributed by atoms with Gasteiger partial charge in [-0.05, 0) is 68.1 Å². The average molecular weight is 363 g/mol. The minimum absolute atomic E-state index is 0.0750. The molecule has 0 saturated carbocycles. The van der Waals surface area contributed by atoms with Crippen LogP contribution in [0.4, 0.5) is 5.69 Å². The van der Waals surface area contributed by atoms with E-state index in [9.17, 15) is 18.3 Å². The van der Waals surface area contributed by atoms with Gasteiger partial charge in [0.2, 0.25) is 0 Å². The molecule has 2 aromatic rings. The molecule has 7 heteroatoms. The van der Waals surface area contributed by atoms with Crippen molar-refractivity contribution in [2.24, 2.45) is 0 Å². The molecule has 2 N–H and O–H groups in total. The predicted octanol–water partition coefficient (Wildman–Crippen LogP) is 3.43. The van der Waals surface area contributed by atoms with E-state index in [4.69, 9.17) is 4.74 Å². The Bertz CT molecular complexity index is 948. The molecule has 0 bridgehead atoms. The van der Waals surface area contributed by atoms with Gasteiger partial charge in [-0.2, -0.15) is 0 Å². The van der Waals surface area contributed by atoms with E-state index < -0.39 is 16.0 Å². The standard InChI is InChI=1S/C18H21NO5S/c1-10-6-13(4)17(14(7-10)18(20)21)19-25(22,23)16-9-11(2)15(24-5)8-12(16)3/h6-9,19H,1-5H3,(H,20,21). The Labute approximate surface area is 147 Å². The van der Waals surface area contributed by atoms with E-state index in [2.05, 4.69) is 4.72 Å². The van der Waals surface area contributed by atoms with Gasteiger partial charge in [-0.15, -0.1) is 0 Å². The van der Waals surface area contributed by atoms with Gasteiger partial charge in [-0.3, -0.25) is 4.72 Å². The van der Waals surface area contributed by atoms with Crippen molar-refractivity contribution >= 4 is 21.7 Å². The van der Waals surface area contributed by atoms with Crippen molar-refractivity contribution < 1.29 is 23.1 Å². The third-order valence-electron chi connectivity index (χ3n) is 3.93. The number of nitrogens with one attached hydrogen (secondary N) is 1. The first-order valence-electron chi connectivity index (χ1n) is 7.59. The minimum atomic E-state index is -3.95. The zero-order valence-electron chi connectivity index (χ0n) is 14.8.